The fraction of sp³-hybridized carbons (Fsp3) is 0.688. The van der Waals surface area contributed by atoms with Crippen LogP contribution in [0.1, 0.15) is 99.6 Å². The van der Waals surface area contributed by atoms with Gasteiger partial charge in [-0.15, -0.1) is 0 Å². The maximum absolute atomic E-state index is 11.8. The SMILES string of the molecule is CC.CC1CC2(C)C(C)CCC2C2CCC3=CC(=O)C=CC3(C)C12.CCC.Cc1ccccn1. The molecule has 0 N–H and O–H groups in total. The molecule has 3 fully saturated rings. The quantitative estimate of drug-likeness (QED) is 0.382. The molecule has 1 heterocycles. The molecule has 0 spiro atoms. The van der Waals surface area contributed by atoms with Gasteiger partial charge in [-0.05, 0) is 98.3 Å². The first-order valence-electron chi connectivity index (χ1n) is 14.0. The van der Waals surface area contributed by atoms with Crippen LogP contribution in [0.15, 0.2) is 48.2 Å². The van der Waals surface area contributed by atoms with Crippen LogP contribution in [0, 0.1) is 47.3 Å². The lowest BCUT2D eigenvalue weighted by molar-refractivity contribution is -0.111. The molecular formula is C32H51NO. The second-order valence-electron chi connectivity index (χ2n) is 11.4. The lowest BCUT2D eigenvalue weighted by atomic mass is 9.45. The Balaban J connectivity index is 0.000000284. The zero-order valence-corrected chi connectivity index (χ0v) is 23.5. The molecule has 0 amide bonds. The fourth-order valence-electron chi connectivity index (χ4n) is 7.59. The lowest BCUT2D eigenvalue weighted by Crippen LogP contribution is -2.52. The number of fused-ring (bicyclic) bond motifs is 5. The molecule has 1 aromatic rings. The number of ketones is 1. The molecule has 34 heavy (non-hydrogen) atoms. The highest BCUT2D eigenvalue weighted by Gasteiger charge is 2.59. The van der Waals surface area contributed by atoms with Crippen LogP contribution in [0.4, 0.5) is 0 Å². The number of carbonyl (C=O) groups is 1. The molecule has 2 heteroatoms. The fourth-order valence-corrected chi connectivity index (χ4v) is 7.59. The number of hydrogen-bond acceptors (Lipinski definition) is 2. The van der Waals surface area contributed by atoms with Crippen LogP contribution in [0.25, 0.3) is 0 Å². The van der Waals surface area contributed by atoms with Gasteiger partial charge in [-0.2, -0.15) is 0 Å². The Kier molecular flexibility index (Phi) is 10.3. The average molecular weight is 466 g/mol. The summed E-state index contributed by atoms with van der Waals surface area (Å²) >= 11 is 0. The van der Waals surface area contributed by atoms with Gasteiger partial charge in [0.25, 0.3) is 0 Å². The topological polar surface area (TPSA) is 30.0 Å². The summed E-state index contributed by atoms with van der Waals surface area (Å²) < 4.78 is 0. The zero-order chi connectivity index (χ0) is 25.5. The molecule has 0 radical (unpaired) electrons. The first-order chi connectivity index (χ1) is 16.2. The normalized spacial score (nSPS) is 37.1. The van der Waals surface area contributed by atoms with E-state index in [1.54, 1.807) is 6.20 Å². The highest BCUT2D eigenvalue weighted by molar-refractivity contribution is 6.01. The van der Waals surface area contributed by atoms with Gasteiger partial charge >= 0.3 is 0 Å². The van der Waals surface area contributed by atoms with Gasteiger partial charge in [0, 0.05) is 17.3 Å². The highest BCUT2D eigenvalue weighted by Crippen LogP contribution is 2.67. The van der Waals surface area contributed by atoms with Crippen molar-refractivity contribution in [2.45, 2.75) is 101 Å². The Bertz CT molecular complexity index is 840. The number of aryl methyl sites for hydroxylation is 1. The molecular weight excluding hydrogens is 414 g/mol. The van der Waals surface area contributed by atoms with Gasteiger partial charge in [-0.25, -0.2) is 0 Å². The van der Waals surface area contributed by atoms with Gasteiger partial charge in [0.15, 0.2) is 5.78 Å². The second kappa shape index (κ2) is 12.3. The van der Waals surface area contributed by atoms with Crippen molar-refractivity contribution in [3.05, 3.63) is 53.9 Å². The van der Waals surface area contributed by atoms with Crippen molar-refractivity contribution in [3.8, 4) is 0 Å². The van der Waals surface area contributed by atoms with Crippen molar-refractivity contribution in [2.75, 3.05) is 0 Å². The van der Waals surface area contributed by atoms with Crippen LogP contribution in [-0.2, 0) is 4.79 Å². The minimum atomic E-state index is 0.142. The van der Waals surface area contributed by atoms with E-state index in [9.17, 15) is 4.79 Å². The minimum Gasteiger partial charge on any atom is -0.290 e. The molecule has 4 aliphatic rings. The van der Waals surface area contributed by atoms with Crippen LogP contribution in [0.3, 0.4) is 0 Å². The van der Waals surface area contributed by atoms with Gasteiger partial charge in [0.05, 0.1) is 0 Å². The van der Waals surface area contributed by atoms with Gasteiger partial charge in [0.2, 0.25) is 0 Å². The third-order valence-corrected chi connectivity index (χ3v) is 9.09. The van der Waals surface area contributed by atoms with Crippen molar-refractivity contribution in [2.24, 2.45) is 40.4 Å². The van der Waals surface area contributed by atoms with E-state index in [-0.39, 0.29) is 11.2 Å². The number of pyridine rings is 1. The van der Waals surface area contributed by atoms with E-state index in [1.807, 2.05) is 51.1 Å². The first-order valence-corrected chi connectivity index (χ1v) is 14.0. The minimum absolute atomic E-state index is 0.142. The van der Waals surface area contributed by atoms with E-state index in [4.69, 9.17) is 0 Å². The Hall–Kier alpha value is -1.70. The molecule has 0 aromatic carbocycles. The number of carbonyl (C=O) groups excluding carboxylic acids is 1. The number of aromatic nitrogens is 1. The smallest absolute Gasteiger partial charge is 0.178 e. The largest absolute Gasteiger partial charge is 0.290 e. The molecule has 1 aromatic heterocycles. The van der Waals surface area contributed by atoms with Crippen molar-refractivity contribution < 1.29 is 4.79 Å². The van der Waals surface area contributed by atoms with E-state index in [2.05, 4.69) is 52.6 Å². The molecule has 7 unspecified atom stereocenters. The number of allylic oxidation sites excluding steroid dienone is 4. The maximum Gasteiger partial charge on any atom is 0.178 e. The van der Waals surface area contributed by atoms with Gasteiger partial charge in [-0.1, -0.05) is 79.5 Å². The lowest BCUT2D eigenvalue weighted by Gasteiger charge is -2.59. The number of rotatable bonds is 0. The summed E-state index contributed by atoms with van der Waals surface area (Å²) in [6.07, 6.45) is 15.8. The molecule has 0 bridgehead atoms. The van der Waals surface area contributed by atoms with Gasteiger partial charge < -0.3 is 0 Å². The summed E-state index contributed by atoms with van der Waals surface area (Å²) in [6, 6.07) is 5.86. The monoisotopic (exact) mass is 465 g/mol. The summed E-state index contributed by atoms with van der Waals surface area (Å²) in [5, 5.41) is 0. The third kappa shape index (κ3) is 5.74. The predicted octanol–water partition coefficient (Wildman–Crippen LogP) is 9.01. The van der Waals surface area contributed by atoms with E-state index in [0.717, 1.165) is 41.7 Å². The molecule has 0 aliphatic heterocycles. The second-order valence-corrected chi connectivity index (χ2v) is 11.4. The first kappa shape index (κ1) is 28.5. The van der Waals surface area contributed by atoms with Crippen LogP contribution in [0.2, 0.25) is 0 Å². The summed E-state index contributed by atoms with van der Waals surface area (Å²) in [5.41, 5.74) is 3.20. The van der Waals surface area contributed by atoms with Gasteiger partial charge in [-0.3, -0.25) is 9.78 Å². The van der Waals surface area contributed by atoms with E-state index < -0.39 is 0 Å². The zero-order valence-electron chi connectivity index (χ0n) is 23.5. The molecule has 7 atom stereocenters. The average Bonchev–Trinajstić information content (AvgIpc) is 3.11. The van der Waals surface area contributed by atoms with Crippen molar-refractivity contribution in [1.29, 1.82) is 0 Å². The highest BCUT2D eigenvalue weighted by atomic mass is 16.1. The van der Waals surface area contributed by atoms with Crippen molar-refractivity contribution in [1.82, 2.24) is 4.98 Å². The summed E-state index contributed by atoms with van der Waals surface area (Å²) in [7, 11) is 0. The molecule has 190 valence electrons. The Morgan fingerprint density at radius 2 is 1.74 bits per heavy atom. The van der Waals surface area contributed by atoms with Crippen molar-refractivity contribution >= 4 is 5.78 Å². The number of hydrogen-bond donors (Lipinski definition) is 0. The van der Waals surface area contributed by atoms with Gasteiger partial charge in [0.1, 0.15) is 0 Å². The van der Waals surface area contributed by atoms with Crippen LogP contribution in [-0.4, -0.2) is 10.8 Å². The van der Waals surface area contributed by atoms with Crippen LogP contribution >= 0.6 is 0 Å². The molecule has 5 rings (SSSR count). The molecule has 4 aliphatic carbocycles. The molecule has 0 saturated heterocycles. The predicted molar refractivity (Wildman–Crippen MR) is 147 cm³/mol. The van der Waals surface area contributed by atoms with E-state index >= 15 is 0 Å². The standard InChI is InChI=1S/C21H30O.C6H7N.C3H8.C2H6/c1-13-12-21(4)14(2)5-8-18(21)17-7-6-15-11-16(22)9-10-20(15,3)19(13)17;1-6-4-2-3-5-7-6;1-3-2;1-2/h9-11,13-14,17-19H,5-8,12H2,1-4H3;2-5H,1H3;3H2,1-2H3;1-2H3. The van der Waals surface area contributed by atoms with Crippen molar-refractivity contribution in [3.63, 3.8) is 0 Å². The van der Waals surface area contributed by atoms with Crippen LogP contribution < -0.4 is 0 Å². The molecule has 2 nitrogen and oxygen atoms in total. The summed E-state index contributed by atoms with van der Waals surface area (Å²) in [4.78, 5) is 15.8. The van der Waals surface area contributed by atoms with E-state index in [0.29, 0.717) is 5.41 Å². The summed E-state index contributed by atoms with van der Waals surface area (Å²) in [6.45, 7) is 20.2. The molecule has 3 saturated carbocycles. The van der Waals surface area contributed by atoms with E-state index in [1.165, 1.54) is 37.7 Å². The summed E-state index contributed by atoms with van der Waals surface area (Å²) in [5.74, 6) is 4.35. The Morgan fingerprint density at radius 1 is 1.06 bits per heavy atom. The Labute approximate surface area is 210 Å². The van der Waals surface area contributed by atoms with Crippen LogP contribution in [0.5, 0.6) is 0 Å². The Morgan fingerprint density at radius 3 is 2.29 bits per heavy atom. The number of nitrogens with zero attached hydrogens (tertiary/aromatic N) is 1. The third-order valence-electron chi connectivity index (χ3n) is 9.09. The maximum atomic E-state index is 11.8.